The van der Waals surface area contributed by atoms with Crippen molar-refractivity contribution in [2.75, 3.05) is 7.11 Å². The van der Waals surface area contributed by atoms with Gasteiger partial charge in [0.05, 0.1) is 13.7 Å². The molecule has 0 atom stereocenters. The summed E-state index contributed by atoms with van der Waals surface area (Å²) < 4.78 is 5.65. The van der Waals surface area contributed by atoms with Gasteiger partial charge in [-0.1, -0.05) is 29.8 Å². The van der Waals surface area contributed by atoms with Crippen LogP contribution in [0.1, 0.15) is 11.1 Å². The zero-order chi connectivity index (χ0) is 20.7. The number of methoxy groups -OCH3 is 1. The van der Waals surface area contributed by atoms with Gasteiger partial charge in [0.25, 0.3) is 5.56 Å². The molecule has 0 spiro atoms. The SMILES string of the molecule is COC(=O)Cn1cccc(CN(C(N)=O)C(=O)NCc2ccc(Cl)cc2)c1=O. The number of carbonyl (C=O) groups excluding carboxylic acids is 3. The summed E-state index contributed by atoms with van der Waals surface area (Å²) in [6, 6.07) is 7.97. The fourth-order valence-electron chi connectivity index (χ4n) is 2.33. The molecule has 1 aromatic carbocycles. The Hall–Kier alpha value is -3.33. The third kappa shape index (κ3) is 5.58. The Balaban J connectivity index is 2.12. The highest BCUT2D eigenvalue weighted by atomic mass is 35.5. The highest BCUT2D eigenvalue weighted by Crippen LogP contribution is 2.09. The molecule has 28 heavy (non-hydrogen) atoms. The summed E-state index contributed by atoms with van der Waals surface area (Å²) in [5, 5.41) is 3.11. The summed E-state index contributed by atoms with van der Waals surface area (Å²) in [4.78, 5) is 48.6. The van der Waals surface area contributed by atoms with E-state index in [1.807, 2.05) is 0 Å². The van der Waals surface area contributed by atoms with Gasteiger partial charge in [0, 0.05) is 23.3 Å². The number of halogens is 1. The number of carbonyl (C=O) groups is 3. The Kier molecular flexibility index (Phi) is 7.16. The predicted molar refractivity (Wildman–Crippen MR) is 102 cm³/mol. The van der Waals surface area contributed by atoms with Gasteiger partial charge in [0.2, 0.25) is 0 Å². The molecule has 0 aliphatic rings. The normalized spacial score (nSPS) is 10.2. The summed E-state index contributed by atoms with van der Waals surface area (Å²) in [7, 11) is 1.21. The molecular formula is C18H19ClN4O5. The van der Waals surface area contributed by atoms with Gasteiger partial charge in [0.1, 0.15) is 6.54 Å². The zero-order valence-electron chi connectivity index (χ0n) is 15.1. The van der Waals surface area contributed by atoms with E-state index in [1.165, 1.54) is 25.4 Å². The maximum absolute atomic E-state index is 12.4. The lowest BCUT2D eigenvalue weighted by Gasteiger charge is -2.19. The molecule has 0 unspecified atom stereocenters. The lowest BCUT2D eigenvalue weighted by Crippen LogP contribution is -2.46. The quantitative estimate of drug-likeness (QED) is 0.703. The van der Waals surface area contributed by atoms with Gasteiger partial charge < -0.3 is 20.4 Å². The van der Waals surface area contributed by atoms with Crippen molar-refractivity contribution in [3.63, 3.8) is 0 Å². The van der Waals surface area contributed by atoms with E-state index in [2.05, 4.69) is 10.1 Å². The summed E-state index contributed by atoms with van der Waals surface area (Å²) >= 11 is 5.81. The van der Waals surface area contributed by atoms with E-state index in [4.69, 9.17) is 17.3 Å². The lowest BCUT2D eigenvalue weighted by atomic mass is 10.2. The maximum atomic E-state index is 12.4. The number of nitrogens with one attached hydrogen (secondary N) is 1. The first-order valence-corrected chi connectivity index (χ1v) is 8.54. The van der Waals surface area contributed by atoms with Crippen molar-refractivity contribution in [3.8, 4) is 0 Å². The van der Waals surface area contributed by atoms with Gasteiger partial charge in [0.15, 0.2) is 0 Å². The smallest absolute Gasteiger partial charge is 0.326 e. The Morgan fingerprint density at radius 2 is 1.89 bits per heavy atom. The fourth-order valence-corrected chi connectivity index (χ4v) is 2.46. The Bertz CT molecular complexity index is 926. The highest BCUT2D eigenvalue weighted by Gasteiger charge is 2.21. The van der Waals surface area contributed by atoms with Crippen LogP contribution in [-0.4, -0.2) is 34.6 Å². The van der Waals surface area contributed by atoms with E-state index in [1.54, 1.807) is 24.3 Å². The number of ether oxygens (including phenoxy) is 1. The number of aromatic nitrogens is 1. The maximum Gasteiger partial charge on any atom is 0.326 e. The molecule has 3 N–H and O–H groups in total. The van der Waals surface area contributed by atoms with Crippen molar-refractivity contribution in [3.05, 3.63) is 69.1 Å². The van der Waals surface area contributed by atoms with Crippen LogP contribution >= 0.6 is 11.6 Å². The van der Waals surface area contributed by atoms with Crippen LogP contribution in [0.4, 0.5) is 9.59 Å². The van der Waals surface area contributed by atoms with Crippen LogP contribution in [0.25, 0.3) is 0 Å². The van der Waals surface area contributed by atoms with Crippen molar-refractivity contribution in [2.24, 2.45) is 5.73 Å². The molecule has 0 saturated carbocycles. The molecule has 0 fully saturated rings. The molecule has 0 aliphatic carbocycles. The van der Waals surface area contributed by atoms with Crippen molar-refractivity contribution in [1.82, 2.24) is 14.8 Å². The first kappa shape index (κ1) is 21.0. The monoisotopic (exact) mass is 406 g/mol. The summed E-state index contributed by atoms with van der Waals surface area (Å²) in [6.07, 6.45) is 1.40. The van der Waals surface area contributed by atoms with Crippen LogP contribution in [-0.2, 0) is 29.2 Å². The van der Waals surface area contributed by atoms with E-state index < -0.39 is 23.6 Å². The van der Waals surface area contributed by atoms with E-state index in [0.29, 0.717) is 9.92 Å². The van der Waals surface area contributed by atoms with Crippen molar-refractivity contribution in [1.29, 1.82) is 0 Å². The average Bonchev–Trinajstić information content (AvgIpc) is 2.67. The van der Waals surface area contributed by atoms with E-state index >= 15 is 0 Å². The Morgan fingerprint density at radius 3 is 2.50 bits per heavy atom. The molecule has 0 radical (unpaired) electrons. The number of nitrogens with two attached hydrogens (primary N) is 1. The van der Waals surface area contributed by atoms with Gasteiger partial charge in [-0.25, -0.2) is 14.5 Å². The molecule has 0 aliphatic heterocycles. The molecule has 2 rings (SSSR count). The molecule has 1 heterocycles. The number of urea groups is 2. The molecule has 2 aromatic rings. The summed E-state index contributed by atoms with van der Waals surface area (Å²) in [5.74, 6) is -0.605. The molecule has 10 heteroatoms. The molecule has 0 bridgehead atoms. The van der Waals surface area contributed by atoms with Crippen molar-refractivity contribution in [2.45, 2.75) is 19.6 Å². The van der Waals surface area contributed by atoms with Gasteiger partial charge in [-0.15, -0.1) is 0 Å². The van der Waals surface area contributed by atoms with Crippen LogP contribution in [0.15, 0.2) is 47.4 Å². The number of rotatable bonds is 6. The first-order valence-electron chi connectivity index (χ1n) is 8.16. The minimum atomic E-state index is -1.02. The zero-order valence-corrected chi connectivity index (χ0v) is 15.8. The van der Waals surface area contributed by atoms with E-state index in [-0.39, 0.29) is 25.2 Å². The minimum absolute atomic E-state index is 0.117. The first-order chi connectivity index (χ1) is 13.3. The number of amides is 4. The number of hydrogen-bond acceptors (Lipinski definition) is 5. The third-order valence-corrected chi connectivity index (χ3v) is 4.07. The van der Waals surface area contributed by atoms with Gasteiger partial charge in [-0.05, 0) is 23.8 Å². The second kappa shape index (κ2) is 9.56. The predicted octanol–water partition coefficient (Wildman–Crippen LogP) is 1.47. The number of pyridine rings is 1. The third-order valence-electron chi connectivity index (χ3n) is 3.82. The standard InChI is InChI=1S/C18H19ClN4O5/c1-28-15(24)11-22-8-2-3-13(16(22)25)10-23(17(20)26)18(27)21-9-12-4-6-14(19)7-5-12/h2-8H,9-11H2,1H3,(H2,20,26)(H,21,27). The topological polar surface area (TPSA) is 124 Å². The second-order valence-electron chi connectivity index (χ2n) is 5.75. The number of esters is 1. The van der Waals surface area contributed by atoms with Crippen LogP contribution in [0, 0.1) is 0 Å². The molecule has 0 saturated heterocycles. The largest absolute Gasteiger partial charge is 0.468 e. The average molecular weight is 407 g/mol. The molecule has 1 aromatic heterocycles. The highest BCUT2D eigenvalue weighted by molar-refractivity contribution is 6.30. The molecule has 148 valence electrons. The van der Waals surface area contributed by atoms with Gasteiger partial charge in [-0.3, -0.25) is 9.59 Å². The number of benzene rings is 1. The van der Waals surface area contributed by atoms with E-state index in [0.717, 1.165) is 10.1 Å². The summed E-state index contributed by atoms with van der Waals surface area (Å²) in [6.45, 7) is -0.494. The molecule has 4 amide bonds. The van der Waals surface area contributed by atoms with Crippen LogP contribution in [0.2, 0.25) is 5.02 Å². The minimum Gasteiger partial charge on any atom is -0.468 e. The fraction of sp³-hybridized carbons (Fsp3) is 0.222. The van der Waals surface area contributed by atoms with Crippen molar-refractivity contribution < 1.29 is 19.1 Å². The Morgan fingerprint density at radius 1 is 1.21 bits per heavy atom. The van der Waals surface area contributed by atoms with E-state index in [9.17, 15) is 19.2 Å². The second-order valence-corrected chi connectivity index (χ2v) is 6.19. The number of nitrogens with zero attached hydrogens (tertiary/aromatic N) is 2. The Labute approximate surface area is 165 Å². The number of primary amides is 1. The van der Waals surface area contributed by atoms with Crippen LogP contribution in [0.5, 0.6) is 0 Å². The van der Waals surface area contributed by atoms with Gasteiger partial charge in [-0.2, -0.15) is 0 Å². The molecule has 9 nitrogen and oxygen atoms in total. The molecular weight excluding hydrogens is 388 g/mol. The number of hydrogen-bond donors (Lipinski definition) is 2. The number of imide groups is 1. The van der Waals surface area contributed by atoms with Crippen LogP contribution < -0.4 is 16.6 Å². The summed E-state index contributed by atoms with van der Waals surface area (Å²) in [5.41, 5.74) is 5.64. The van der Waals surface area contributed by atoms with Crippen molar-refractivity contribution >= 4 is 29.6 Å². The van der Waals surface area contributed by atoms with Crippen LogP contribution in [0.3, 0.4) is 0 Å². The van der Waals surface area contributed by atoms with Gasteiger partial charge >= 0.3 is 18.0 Å². The lowest BCUT2D eigenvalue weighted by molar-refractivity contribution is -0.141.